The number of fused-ring (bicyclic) bond motifs is 1. The lowest BCUT2D eigenvalue weighted by molar-refractivity contribution is -0.131. The predicted octanol–water partition coefficient (Wildman–Crippen LogP) is 5.33. The van der Waals surface area contributed by atoms with Crippen molar-refractivity contribution in [3.05, 3.63) is 63.5 Å². The van der Waals surface area contributed by atoms with Crippen molar-refractivity contribution in [2.45, 2.75) is 25.4 Å². The molecule has 0 bridgehead atoms. The Hall–Kier alpha value is -3.66. The van der Waals surface area contributed by atoms with Crippen molar-refractivity contribution in [1.29, 1.82) is 0 Å². The number of ether oxygens (including phenoxy) is 1. The van der Waals surface area contributed by atoms with Gasteiger partial charge in [0.05, 0.1) is 39.5 Å². The number of nitrogens with one attached hydrogen (secondary N) is 3. The number of carbonyl (C=O) groups excluding carboxylic acids is 1. The molecule has 4 N–H and O–H groups in total. The van der Waals surface area contributed by atoms with E-state index < -0.39 is 37.9 Å². The maximum atomic E-state index is 12.8. The summed E-state index contributed by atoms with van der Waals surface area (Å²) in [5.74, 6) is -0.634. The Morgan fingerprint density at radius 2 is 1.98 bits per heavy atom. The lowest BCUT2D eigenvalue weighted by atomic mass is 10.1. The Balaban J connectivity index is 1.63. The molecule has 1 amide bonds. The van der Waals surface area contributed by atoms with Crippen molar-refractivity contribution >= 4 is 51.8 Å². The number of aliphatic hydroxyl groups is 1. The molecule has 41 heavy (non-hydrogen) atoms. The van der Waals surface area contributed by atoms with E-state index in [9.17, 15) is 31.9 Å². The topological polar surface area (TPSA) is 126 Å². The van der Waals surface area contributed by atoms with Gasteiger partial charge in [-0.1, -0.05) is 34.4 Å². The SMILES string of the molecule is Cn1c(Nc2c(Cl)ccc(CNC(=O)c3ccno3)c2Cl)nc2cc([C@H](O)NCC(F)(F)F)c(OCC(F)F)cc21. The van der Waals surface area contributed by atoms with E-state index in [1.807, 2.05) is 5.32 Å². The first-order valence-corrected chi connectivity index (χ1v) is 12.4. The highest BCUT2D eigenvalue weighted by atomic mass is 35.5. The Labute approximate surface area is 238 Å². The largest absolute Gasteiger partial charge is 0.487 e. The van der Waals surface area contributed by atoms with Crippen LogP contribution in [0.5, 0.6) is 5.75 Å². The van der Waals surface area contributed by atoms with Crippen LogP contribution in [-0.4, -0.2) is 51.5 Å². The molecule has 0 unspecified atom stereocenters. The summed E-state index contributed by atoms with van der Waals surface area (Å²) in [5.41, 5.74) is 0.984. The number of carbonyl (C=O) groups is 1. The van der Waals surface area contributed by atoms with Gasteiger partial charge in [0.1, 0.15) is 18.6 Å². The molecule has 220 valence electrons. The molecule has 0 saturated heterocycles. The molecular weight excluding hydrogens is 602 g/mol. The first kappa shape index (κ1) is 30.3. The molecule has 2 heterocycles. The summed E-state index contributed by atoms with van der Waals surface area (Å²) in [4.78, 5) is 16.6. The third-order valence-corrected chi connectivity index (χ3v) is 6.42. The van der Waals surface area contributed by atoms with E-state index in [4.69, 9.17) is 32.5 Å². The highest BCUT2D eigenvalue weighted by Gasteiger charge is 2.29. The second kappa shape index (κ2) is 12.5. The minimum absolute atomic E-state index is 0.00290. The van der Waals surface area contributed by atoms with Gasteiger partial charge in [-0.2, -0.15) is 13.2 Å². The minimum Gasteiger partial charge on any atom is -0.487 e. The summed E-state index contributed by atoms with van der Waals surface area (Å²) in [6, 6.07) is 7.00. The Bertz CT molecular complexity index is 1530. The first-order chi connectivity index (χ1) is 19.3. The molecular formula is C24H21Cl2F5N6O4. The quantitative estimate of drug-likeness (QED) is 0.131. The smallest absolute Gasteiger partial charge is 0.401 e. The second-order valence-electron chi connectivity index (χ2n) is 8.55. The zero-order valence-corrected chi connectivity index (χ0v) is 22.4. The van der Waals surface area contributed by atoms with Crippen LogP contribution in [0.15, 0.2) is 41.1 Å². The molecule has 2 aromatic carbocycles. The van der Waals surface area contributed by atoms with Crippen LogP contribution in [0.25, 0.3) is 11.0 Å². The average Bonchev–Trinajstić information content (AvgIpc) is 3.55. The van der Waals surface area contributed by atoms with Crippen LogP contribution < -0.4 is 20.7 Å². The fourth-order valence-electron chi connectivity index (χ4n) is 3.71. The number of anilines is 2. The highest BCUT2D eigenvalue weighted by Crippen LogP contribution is 2.37. The third kappa shape index (κ3) is 7.35. The van der Waals surface area contributed by atoms with Gasteiger partial charge in [-0.25, -0.2) is 13.8 Å². The molecule has 1 atom stereocenters. The van der Waals surface area contributed by atoms with E-state index in [1.165, 1.54) is 35.0 Å². The van der Waals surface area contributed by atoms with Crippen LogP contribution in [0.4, 0.5) is 33.6 Å². The van der Waals surface area contributed by atoms with E-state index in [1.54, 1.807) is 13.1 Å². The number of hydrogen-bond acceptors (Lipinski definition) is 8. The number of aliphatic hydroxyl groups excluding tert-OH is 1. The van der Waals surface area contributed by atoms with E-state index in [2.05, 4.69) is 20.8 Å². The number of nitrogens with zero attached hydrogens (tertiary/aromatic N) is 3. The normalized spacial score (nSPS) is 12.6. The van der Waals surface area contributed by atoms with Gasteiger partial charge in [-0.05, 0) is 17.7 Å². The molecule has 0 aliphatic rings. The molecule has 17 heteroatoms. The first-order valence-electron chi connectivity index (χ1n) is 11.7. The van der Waals surface area contributed by atoms with Crippen LogP contribution in [0.2, 0.25) is 10.0 Å². The summed E-state index contributed by atoms with van der Waals surface area (Å²) in [7, 11) is 1.57. The monoisotopic (exact) mass is 622 g/mol. The maximum absolute atomic E-state index is 12.8. The highest BCUT2D eigenvalue weighted by molar-refractivity contribution is 6.39. The number of imidazole rings is 1. The van der Waals surface area contributed by atoms with Gasteiger partial charge in [-0.3, -0.25) is 10.1 Å². The summed E-state index contributed by atoms with van der Waals surface area (Å²) >= 11 is 12.9. The minimum atomic E-state index is -4.64. The number of halogens is 7. The summed E-state index contributed by atoms with van der Waals surface area (Å²) in [5, 5.41) is 21.7. The van der Waals surface area contributed by atoms with Gasteiger partial charge in [-0.15, -0.1) is 0 Å². The van der Waals surface area contributed by atoms with Gasteiger partial charge in [0.25, 0.3) is 12.3 Å². The van der Waals surface area contributed by atoms with Crippen LogP contribution in [0.1, 0.15) is 27.9 Å². The van der Waals surface area contributed by atoms with E-state index >= 15 is 0 Å². The van der Waals surface area contributed by atoms with Gasteiger partial charge < -0.3 is 29.6 Å². The molecule has 4 aromatic rings. The zero-order valence-electron chi connectivity index (χ0n) is 20.9. The number of hydrogen-bond donors (Lipinski definition) is 4. The van der Waals surface area contributed by atoms with Crippen molar-refractivity contribution in [2.75, 3.05) is 18.5 Å². The number of benzene rings is 2. The zero-order chi connectivity index (χ0) is 29.9. The Morgan fingerprint density at radius 3 is 2.63 bits per heavy atom. The van der Waals surface area contributed by atoms with Crippen molar-refractivity contribution in [3.8, 4) is 5.75 Å². The molecule has 0 aliphatic carbocycles. The van der Waals surface area contributed by atoms with Gasteiger partial charge in [0.15, 0.2) is 0 Å². The predicted molar refractivity (Wildman–Crippen MR) is 139 cm³/mol. The maximum Gasteiger partial charge on any atom is 0.401 e. The van der Waals surface area contributed by atoms with Crippen LogP contribution in [-0.2, 0) is 13.6 Å². The molecule has 4 rings (SSSR count). The van der Waals surface area contributed by atoms with Crippen molar-refractivity contribution in [2.24, 2.45) is 7.05 Å². The number of aromatic nitrogens is 3. The van der Waals surface area contributed by atoms with E-state index in [0.717, 1.165) is 0 Å². The number of alkyl halides is 5. The fourth-order valence-corrected chi connectivity index (χ4v) is 4.25. The standard InChI is InChI=1S/C24H21Cl2F5N6O4/c1-37-15-7-17(40-9-18(27)28)12(21(38)33-10-24(29,30)31)6-14(15)35-23(37)36-20-13(25)3-2-11(19(20)26)8-32-22(39)16-4-5-34-41-16/h2-7,18,21,33,38H,8-10H2,1H3,(H,32,39)(H,35,36)/t21-/m0/s1. The summed E-state index contributed by atoms with van der Waals surface area (Å²) in [6.07, 6.45) is -8.10. The van der Waals surface area contributed by atoms with E-state index in [-0.39, 0.29) is 50.8 Å². The van der Waals surface area contributed by atoms with Gasteiger partial charge in [0.2, 0.25) is 11.7 Å². The number of rotatable bonds is 11. The van der Waals surface area contributed by atoms with Crippen LogP contribution in [0, 0.1) is 0 Å². The number of aryl methyl sites for hydroxylation is 1. The second-order valence-corrected chi connectivity index (χ2v) is 9.34. The summed E-state index contributed by atoms with van der Waals surface area (Å²) in [6.45, 7) is -2.59. The summed E-state index contributed by atoms with van der Waals surface area (Å²) < 4.78 is 75.1. The lowest BCUT2D eigenvalue weighted by Gasteiger charge is -2.18. The van der Waals surface area contributed by atoms with Crippen molar-refractivity contribution in [3.63, 3.8) is 0 Å². The third-order valence-electron chi connectivity index (χ3n) is 5.68. The molecule has 0 saturated carbocycles. The Kier molecular flexibility index (Phi) is 9.21. The van der Waals surface area contributed by atoms with Crippen LogP contribution in [0.3, 0.4) is 0 Å². The fraction of sp³-hybridized carbons (Fsp3) is 0.292. The average molecular weight is 623 g/mol. The van der Waals surface area contributed by atoms with Crippen molar-refractivity contribution < 1.29 is 41.1 Å². The Morgan fingerprint density at radius 1 is 1.22 bits per heavy atom. The molecule has 2 aromatic heterocycles. The molecule has 0 spiro atoms. The molecule has 0 fully saturated rings. The number of amides is 1. The van der Waals surface area contributed by atoms with Gasteiger partial charge in [0, 0.05) is 31.3 Å². The molecule has 10 nitrogen and oxygen atoms in total. The molecule has 0 radical (unpaired) electrons. The van der Waals surface area contributed by atoms with Crippen molar-refractivity contribution in [1.82, 2.24) is 25.3 Å². The van der Waals surface area contributed by atoms with Crippen LogP contribution >= 0.6 is 23.2 Å². The lowest BCUT2D eigenvalue weighted by Crippen LogP contribution is -2.32. The van der Waals surface area contributed by atoms with E-state index in [0.29, 0.717) is 11.1 Å². The molecule has 0 aliphatic heterocycles. The van der Waals surface area contributed by atoms with Gasteiger partial charge >= 0.3 is 6.18 Å².